The van der Waals surface area contributed by atoms with Gasteiger partial charge in [0.15, 0.2) is 0 Å². The normalized spacial score (nSPS) is 11.2. The summed E-state index contributed by atoms with van der Waals surface area (Å²) in [5.41, 5.74) is 0.763. The third kappa shape index (κ3) is 2.69. The fourth-order valence-corrected chi connectivity index (χ4v) is 4.61. The third-order valence-corrected chi connectivity index (χ3v) is 5.72. The molecule has 0 radical (unpaired) electrons. The number of rotatable bonds is 4. The molecule has 0 fully saturated rings. The van der Waals surface area contributed by atoms with Crippen LogP contribution in [0.3, 0.4) is 0 Å². The van der Waals surface area contributed by atoms with Gasteiger partial charge in [0.1, 0.15) is 10.6 Å². The van der Waals surface area contributed by atoms with Crippen LogP contribution < -0.4 is 5.56 Å². The predicted molar refractivity (Wildman–Crippen MR) is 96.7 cm³/mol. The van der Waals surface area contributed by atoms with E-state index in [0.29, 0.717) is 16.0 Å². The lowest BCUT2D eigenvalue weighted by atomic mass is 10.1. The van der Waals surface area contributed by atoms with Crippen molar-refractivity contribution in [3.8, 4) is 10.4 Å². The number of hydrogen-bond donors (Lipinski definition) is 1. The number of hydrogen-bond acceptors (Lipinski definition) is 6. The van der Waals surface area contributed by atoms with Crippen molar-refractivity contribution in [3.05, 3.63) is 62.7 Å². The van der Waals surface area contributed by atoms with E-state index < -0.39 is 5.97 Å². The molecule has 4 aromatic rings. The molecule has 0 aliphatic carbocycles. The molecule has 0 aliphatic rings. The molecule has 8 heteroatoms. The van der Waals surface area contributed by atoms with Gasteiger partial charge in [0.05, 0.1) is 18.3 Å². The number of nitrogens with zero attached hydrogens (tertiary/aromatic N) is 2. The van der Waals surface area contributed by atoms with E-state index in [2.05, 4.69) is 4.98 Å². The molecule has 6 nitrogen and oxygen atoms in total. The van der Waals surface area contributed by atoms with Crippen LogP contribution in [-0.2, 0) is 6.54 Å². The lowest BCUT2D eigenvalue weighted by Gasteiger charge is -2.04. The Kier molecular flexibility index (Phi) is 3.78. The minimum atomic E-state index is -1.14. The van der Waals surface area contributed by atoms with E-state index in [1.54, 1.807) is 17.4 Å². The van der Waals surface area contributed by atoms with Crippen LogP contribution in [0.1, 0.15) is 21.2 Å². The molecule has 0 bridgehead atoms. The van der Waals surface area contributed by atoms with Gasteiger partial charge in [-0.15, -0.1) is 22.7 Å². The van der Waals surface area contributed by atoms with Crippen LogP contribution in [0.25, 0.3) is 20.7 Å². The van der Waals surface area contributed by atoms with Crippen molar-refractivity contribution in [2.45, 2.75) is 13.5 Å². The molecule has 4 aromatic heterocycles. The SMILES string of the molecule is Cc1sc2ncn(Cc3ccc(C(=O)O)o3)c(=O)c2c1-c1cccs1. The molecule has 0 aliphatic heterocycles. The van der Waals surface area contributed by atoms with E-state index in [4.69, 9.17) is 9.52 Å². The van der Waals surface area contributed by atoms with E-state index in [-0.39, 0.29) is 17.9 Å². The number of carboxylic acids is 1. The fourth-order valence-electron chi connectivity index (χ4n) is 2.71. The molecule has 0 aromatic carbocycles. The van der Waals surface area contributed by atoms with Crippen molar-refractivity contribution in [3.63, 3.8) is 0 Å². The number of aryl methyl sites for hydroxylation is 1. The summed E-state index contributed by atoms with van der Waals surface area (Å²) in [5.74, 6) is -0.895. The number of fused-ring (bicyclic) bond motifs is 1. The number of aromatic nitrogens is 2. The second-order valence-electron chi connectivity index (χ2n) is 5.44. The van der Waals surface area contributed by atoms with Crippen LogP contribution >= 0.6 is 22.7 Å². The number of carbonyl (C=O) groups is 1. The van der Waals surface area contributed by atoms with Crippen LogP contribution in [0.2, 0.25) is 0 Å². The first-order valence-corrected chi connectivity index (χ1v) is 9.08. The highest BCUT2D eigenvalue weighted by molar-refractivity contribution is 7.20. The number of aromatic carboxylic acids is 1. The monoisotopic (exact) mass is 372 g/mol. The molecule has 126 valence electrons. The number of furan rings is 1. The minimum Gasteiger partial charge on any atom is -0.475 e. The smallest absolute Gasteiger partial charge is 0.371 e. The molecule has 4 rings (SSSR count). The molecule has 4 heterocycles. The maximum absolute atomic E-state index is 13.0. The molecule has 0 atom stereocenters. The van der Waals surface area contributed by atoms with Gasteiger partial charge < -0.3 is 9.52 Å². The van der Waals surface area contributed by atoms with Crippen molar-refractivity contribution in [1.82, 2.24) is 9.55 Å². The molecule has 0 saturated heterocycles. The molecule has 0 spiro atoms. The largest absolute Gasteiger partial charge is 0.475 e. The van der Waals surface area contributed by atoms with Gasteiger partial charge in [-0.05, 0) is 30.5 Å². The van der Waals surface area contributed by atoms with E-state index in [1.165, 1.54) is 28.3 Å². The maximum atomic E-state index is 13.0. The Bertz CT molecular complexity index is 1140. The number of carboxylic acid groups (broad SMARTS) is 1. The highest BCUT2D eigenvalue weighted by atomic mass is 32.1. The van der Waals surface area contributed by atoms with Crippen LogP contribution in [0.15, 0.2) is 45.2 Å². The van der Waals surface area contributed by atoms with E-state index in [1.807, 2.05) is 24.4 Å². The molecular weight excluding hydrogens is 360 g/mol. The summed E-state index contributed by atoms with van der Waals surface area (Å²) in [6.07, 6.45) is 1.47. The summed E-state index contributed by atoms with van der Waals surface area (Å²) < 4.78 is 6.68. The molecule has 0 amide bonds. The Hall–Kier alpha value is -2.71. The highest BCUT2D eigenvalue weighted by Crippen LogP contribution is 2.37. The average molecular weight is 372 g/mol. The first-order chi connectivity index (χ1) is 12.0. The van der Waals surface area contributed by atoms with Gasteiger partial charge in [0.2, 0.25) is 5.76 Å². The van der Waals surface area contributed by atoms with Gasteiger partial charge in [-0.3, -0.25) is 9.36 Å². The fraction of sp³-hybridized carbons (Fsp3) is 0.118. The minimum absolute atomic E-state index is 0.133. The second-order valence-corrected chi connectivity index (χ2v) is 7.59. The summed E-state index contributed by atoms with van der Waals surface area (Å²) in [6, 6.07) is 6.87. The summed E-state index contributed by atoms with van der Waals surface area (Å²) in [7, 11) is 0. The van der Waals surface area contributed by atoms with E-state index in [9.17, 15) is 9.59 Å². The molecule has 0 saturated carbocycles. The lowest BCUT2D eigenvalue weighted by Crippen LogP contribution is -2.20. The molecule has 25 heavy (non-hydrogen) atoms. The Morgan fingerprint density at radius 3 is 2.88 bits per heavy atom. The first kappa shape index (κ1) is 15.8. The second kappa shape index (κ2) is 5.98. The zero-order valence-electron chi connectivity index (χ0n) is 13.1. The van der Waals surface area contributed by atoms with Gasteiger partial charge in [0.25, 0.3) is 5.56 Å². The van der Waals surface area contributed by atoms with Crippen molar-refractivity contribution in [1.29, 1.82) is 0 Å². The molecule has 0 unspecified atom stereocenters. The zero-order chi connectivity index (χ0) is 17.6. The molecule has 1 N–H and O–H groups in total. The quantitative estimate of drug-likeness (QED) is 0.588. The summed E-state index contributed by atoms with van der Waals surface area (Å²) >= 11 is 3.08. The molecular formula is C17H12N2O4S2. The number of thiophene rings is 2. The predicted octanol–water partition coefficient (Wildman–Crippen LogP) is 3.83. The summed E-state index contributed by atoms with van der Waals surface area (Å²) in [4.78, 5) is 31.1. The van der Waals surface area contributed by atoms with Crippen LogP contribution in [0.5, 0.6) is 0 Å². The Morgan fingerprint density at radius 2 is 2.20 bits per heavy atom. The topological polar surface area (TPSA) is 85.3 Å². The zero-order valence-corrected chi connectivity index (χ0v) is 14.7. The average Bonchev–Trinajstić information content (AvgIpc) is 3.29. The van der Waals surface area contributed by atoms with Gasteiger partial charge in [-0.2, -0.15) is 0 Å². The van der Waals surface area contributed by atoms with Crippen LogP contribution in [0.4, 0.5) is 0 Å². The maximum Gasteiger partial charge on any atom is 0.371 e. The highest BCUT2D eigenvalue weighted by Gasteiger charge is 2.18. The summed E-state index contributed by atoms with van der Waals surface area (Å²) in [6.45, 7) is 2.12. The van der Waals surface area contributed by atoms with Gasteiger partial charge in [-0.25, -0.2) is 9.78 Å². The van der Waals surface area contributed by atoms with Crippen molar-refractivity contribution in [2.24, 2.45) is 0 Å². The van der Waals surface area contributed by atoms with Crippen LogP contribution in [-0.4, -0.2) is 20.6 Å². The van der Waals surface area contributed by atoms with Gasteiger partial charge >= 0.3 is 5.97 Å². The van der Waals surface area contributed by atoms with Crippen molar-refractivity contribution in [2.75, 3.05) is 0 Å². The van der Waals surface area contributed by atoms with Crippen molar-refractivity contribution >= 4 is 38.9 Å². The van der Waals surface area contributed by atoms with Gasteiger partial charge in [0, 0.05) is 15.3 Å². The van der Waals surface area contributed by atoms with E-state index >= 15 is 0 Å². The lowest BCUT2D eigenvalue weighted by molar-refractivity contribution is 0.0660. The van der Waals surface area contributed by atoms with Gasteiger partial charge in [-0.1, -0.05) is 6.07 Å². The van der Waals surface area contributed by atoms with Crippen molar-refractivity contribution < 1.29 is 14.3 Å². The Balaban J connectivity index is 1.83. The standard InChI is InChI=1S/C17H12N2O4S2/c1-9-13(12-3-2-6-24-12)14-15(25-9)18-8-19(16(14)20)7-10-4-5-11(23-10)17(21)22/h2-6,8H,7H2,1H3,(H,21,22). The van der Waals surface area contributed by atoms with E-state index in [0.717, 1.165) is 15.3 Å². The Morgan fingerprint density at radius 1 is 1.36 bits per heavy atom. The third-order valence-electron chi connectivity index (χ3n) is 3.82. The first-order valence-electron chi connectivity index (χ1n) is 7.39. The Labute approximate surface area is 149 Å². The summed E-state index contributed by atoms with van der Waals surface area (Å²) in [5, 5.41) is 11.5. The van der Waals surface area contributed by atoms with Crippen LogP contribution in [0, 0.1) is 6.92 Å².